The minimum Gasteiger partial charge on any atom is -0.350 e. The number of anilines is 1. The number of aromatic nitrogens is 4. The molecule has 8 heteroatoms. The molecule has 150 valence electrons. The molecule has 1 aromatic carbocycles. The molecule has 2 unspecified atom stereocenters. The van der Waals surface area contributed by atoms with Crippen molar-refractivity contribution in [2.75, 3.05) is 11.4 Å². The lowest BCUT2D eigenvalue weighted by Crippen LogP contribution is -2.49. The number of nitrogens with zero attached hydrogens (tertiary/aromatic N) is 5. The largest absolute Gasteiger partial charge is 0.350 e. The number of halogens is 1. The van der Waals surface area contributed by atoms with Gasteiger partial charge in [0, 0.05) is 25.1 Å². The van der Waals surface area contributed by atoms with E-state index in [2.05, 4.69) is 24.8 Å². The van der Waals surface area contributed by atoms with Crippen molar-refractivity contribution in [1.82, 2.24) is 24.8 Å². The summed E-state index contributed by atoms with van der Waals surface area (Å²) in [6.07, 6.45) is 7.35. The van der Waals surface area contributed by atoms with Crippen LogP contribution in [0.1, 0.15) is 37.7 Å². The van der Waals surface area contributed by atoms with Gasteiger partial charge in [0.25, 0.3) is 0 Å². The van der Waals surface area contributed by atoms with Crippen molar-refractivity contribution in [3.63, 3.8) is 0 Å². The number of rotatable bonds is 3. The number of benzene rings is 1. The van der Waals surface area contributed by atoms with Crippen molar-refractivity contribution >= 4 is 22.9 Å². The molecule has 29 heavy (non-hydrogen) atoms. The first-order valence-corrected chi connectivity index (χ1v) is 10.2. The fourth-order valence-electron chi connectivity index (χ4n) is 4.76. The molecule has 5 rings (SSSR count). The zero-order valence-electron chi connectivity index (χ0n) is 16.1. The highest BCUT2D eigenvalue weighted by Crippen LogP contribution is 2.35. The lowest BCUT2D eigenvalue weighted by molar-refractivity contribution is -0.135. The second-order valence-corrected chi connectivity index (χ2v) is 7.77. The summed E-state index contributed by atoms with van der Waals surface area (Å²) in [5.74, 6) is 0.682. The number of hydrogen-bond donors (Lipinski definition) is 1. The van der Waals surface area contributed by atoms with Gasteiger partial charge in [-0.2, -0.15) is 0 Å². The SMILES string of the molecule is O=C1CCCCC2C(CCN2c2ncnc3nc[nH]c23)N1Cc1ccccc1F. The van der Waals surface area contributed by atoms with Crippen LogP contribution in [0.5, 0.6) is 0 Å². The van der Waals surface area contributed by atoms with Gasteiger partial charge >= 0.3 is 0 Å². The van der Waals surface area contributed by atoms with Gasteiger partial charge in [-0.3, -0.25) is 4.79 Å². The summed E-state index contributed by atoms with van der Waals surface area (Å²) in [7, 11) is 0. The number of nitrogens with one attached hydrogen (secondary N) is 1. The molecule has 3 aromatic rings. The average Bonchev–Trinajstić information content (AvgIpc) is 3.36. The summed E-state index contributed by atoms with van der Waals surface area (Å²) in [6.45, 7) is 1.10. The predicted molar refractivity (Wildman–Crippen MR) is 107 cm³/mol. The second-order valence-electron chi connectivity index (χ2n) is 7.77. The maximum absolute atomic E-state index is 14.3. The fourth-order valence-corrected chi connectivity index (χ4v) is 4.76. The standard InChI is InChI=1S/C21H23FN6O/c22-15-6-2-1-5-14(15)11-28-17-9-10-27(16(17)7-3-4-8-18(28)29)21-19-20(24-12-23-19)25-13-26-21/h1-2,5-6,12-13,16-17H,3-4,7-11H2,(H,23,24,25,26). The van der Waals surface area contributed by atoms with Crippen molar-refractivity contribution in [2.45, 2.75) is 50.7 Å². The Morgan fingerprint density at radius 1 is 1.10 bits per heavy atom. The van der Waals surface area contributed by atoms with Crippen molar-refractivity contribution in [1.29, 1.82) is 0 Å². The van der Waals surface area contributed by atoms with Crippen molar-refractivity contribution in [3.05, 3.63) is 48.3 Å². The first-order chi connectivity index (χ1) is 14.2. The molecule has 4 heterocycles. The zero-order valence-corrected chi connectivity index (χ0v) is 16.1. The Morgan fingerprint density at radius 3 is 2.90 bits per heavy atom. The molecule has 0 spiro atoms. The monoisotopic (exact) mass is 394 g/mol. The Kier molecular flexibility index (Phi) is 4.61. The van der Waals surface area contributed by atoms with E-state index >= 15 is 0 Å². The van der Waals surface area contributed by atoms with Crippen LogP contribution < -0.4 is 4.90 Å². The number of amides is 1. The summed E-state index contributed by atoms with van der Waals surface area (Å²) in [6, 6.07) is 6.91. The topological polar surface area (TPSA) is 78.0 Å². The van der Waals surface area contributed by atoms with Gasteiger partial charge < -0.3 is 14.8 Å². The third kappa shape index (κ3) is 3.22. The van der Waals surface area contributed by atoms with Crippen LogP contribution >= 0.6 is 0 Å². The lowest BCUT2D eigenvalue weighted by Gasteiger charge is -2.38. The van der Waals surface area contributed by atoms with E-state index in [1.54, 1.807) is 18.5 Å². The van der Waals surface area contributed by atoms with Crippen LogP contribution in [0, 0.1) is 5.82 Å². The van der Waals surface area contributed by atoms with E-state index in [4.69, 9.17) is 0 Å². The summed E-state index contributed by atoms with van der Waals surface area (Å²) in [4.78, 5) is 33.3. The Bertz CT molecular complexity index is 1040. The number of fused-ring (bicyclic) bond motifs is 2. The second kappa shape index (κ2) is 7.42. The molecular weight excluding hydrogens is 371 g/mol. The lowest BCUT2D eigenvalue weighted by atomic mass is 9.96. The Hall–Kier alpha value is -3.03. The average molecular weight is 394 g/mol. The van der Waals surface area contributed by atoms with Crippen LogP contribution in [0.15, 0.2) is 36.9 Å². The summed E-state index contributed by atoms with van der Waals surface area (Å²) in [5.41, 5.74) is 2.03. The van der Waals surface area contributed by atoms with E-state index in [0.29, 0.717) is 24.2 Å². The van der Waals surface area contributed by atoms with Crippen LogP contribution in [-0.4, -0.2) is 49.4 Å². The van der Waals surface area contributed by atoms with Gasteiger partial charge in [0.05, 0.1) is 18.4 Å². The number of hydrogen-bond acceptors (Lipinski definition) is 5. The third-order valence-corrected chi connectivity index (χ3v) is 6.15. The third-order valence-electron chi connectivity index (χ3n) is 6.15. The number of imidazole rings is 1. The highest BCUT2D eigenvalue weighted by atomic mass is 19.1. The number of aromatic amines is 1. The number of H-pyrrole nitrogens is 1. The van der Waals surface area contributed by atoms with E-state index in [0.717, 1.165) is 43.6 Å². The summed E-state index contributed by atoms with van der Waals surface area (Å²) in [5, 5.41) is 0. The van der Waals surface area contributed by atoms with E-state index in [-0.39, 0.29) is 23.8 Å². The smallest absolute Gasteiger partial charge is 0.223 e. The van der Waals surface area contributed by atoms with Gasteiger partial charge in [-0.25, -0.2) is 19.3 Å². The molecule has 2 aromatic heterocycles. The molecule has 0 bridgehead atoms. The van der Waals surface area contributed by atoms with Gasteiger partial charge in [-0.15, -0.1) is 0 Å². The summed E-state index contributed by atoms with van der Waals surface area (Å²) < 4.78 is 14.3. The van der Waals surface area contributed by atoms with Crippen molar-refractivity contribution in [3.8, 4) is 0 Å². The molecule has 2 aliphatic rings. The van der Waals surface area contributed by atoms with Crippen LogP contribution in [0.2, 0.25) is 0 Å². The molecule has 7 nitrogen and oxygen atoms in total. The molecule has 2 fully saturated rings. The first kappa shape index (κ1) is 18.0. The van der Waals surface area contributed by atoms with E-state index in [9.17, 15) is 9.18 Å². The Labute approximate surface area is 168 Å². The van der Waals surface area contributed by atoms with Gasteiger partial charge in [-0.05, 0) is 25.3 Å². The Morgan fingerprint density at radius 2 is 2.00 bits per heavy atom. The molecule has 0 radical (unpaired) electrons. The van der Waals surface area contributed by atoms with Gasteiger partial charge in [0.1, 0.15) is 17.7 Å². The van der Waals surface area contributed by atoms with Crippen LogP contribution in [0.4, 0.5) is 10.2 Å². The normalized spacial score (nSPS) is 22.6. The fraction of sp³-hybridized carbons (Fsp3) is 0.429. The van der Waals surface area contributed by atoms with Crippen molar-refractivity contribution < 1.29 is 9.18 Å². The minimum absolute atomic E-state index is 0.0374. The van der Waals surface area contributed by atoms with Crippen LogP contribution in [-0.2, 0) is 11.3 Å². The van der Waals surface area contributed by atoms with Gasteiger partial charge in [0.2, 0.25) is 5.91 Å². The molecule has 1 amide bonds. The number of carbonyl (C=O) groups excluding carboxylic acids is 1. The highest BCUT2D eigenvalue weighted by molar-refractivity contribution is 5.83. The quantitative estimate of drug-likeness (QED) is 0.739. The highest BCUT2D eigenvalue weighted by Gasteiger charge is 2.41. The minimum atomic E-state index is -0.260. The van der Waals surface area contributed by atoms with E-state index in [1.165, 1.54) is 12.4 Å². The van der Waals surface area contributed by atoms with Crippen LogP contribution in [0.25, 0.3) is 11.2 Å². The molecule has 0 saturated carbocycles. The van der Waals surface area contributed by atoms with Gasteiger partial charge in [0.15, 0.2) is 11.5 Å². The van der Waals surface area contributed by atoms with E-state index < -0.39 is 0 Å². The zero-order chi connectivity index (χ0) is 19.8. The molecule has 0 aliphatic carbocycles. The summed E-state index contributed by atoms with van der Waals surface area (Å²) >= 11 is 0. The molecule has 1 N–H and O–H groups in total. The molecule has 2 saturated heterocycles. The maximum atomic E-state index is 14.3. The predicted octanol–water partition coefficient (Wildman–Crippen LogP) is 3.04. The van der Waals surface area contributed by atoms with Crippen molar-refractivity contribution in [2.24, 2.45) is 0 Å². The maximum Gasteiger partial charge on any atom is 0.223 e. The van der Waals surface area contributed by atoms with Gasteiger partial charge in [-0.1, -0.05) is 24.6 Å². The van der Waals surface area contributed by atoms with Crippen LogP contribution in [0.3, 0.4) is 0 Å². The Balaban J connectivity index is 1.49. The van der Waals surface area contributed by atoms with E-state index in [1.807, 2.05) is 11.0 Å². The molecule has 2 atom stereocenters. The first-order valence-electron chi connectivity index (χ1n) is 10.2. The molecular formula is C21H23FN6O. The number of likely N-dealkylation sites (tertiary alicyclic amines) is 1. The number of carbonyl (C=O) groups is 1. The molecule has 2 aliphatic heterocycles.